The van der Waals surface area contributed by atoms with Crippen molar-refractivity contribution in [1.29, 1.82) is 0 Å². The molecule has 7 nitrogen and oxygen atoms in total. The van der Waals surface area contributed by atoms with Crippen LogP contribution in [-0.2, 0) is 4.74 Å². The first-order valence-electron chi connectivity index (χ1n) is 11.2. The molecule has 4 aromatic rings. The number of ether oxygens (including phenoxy) is 2. The Kier molecular flexibility index (Phi) is 5.64. The van der Waals surface area contributed by atoms with Gasteiger partial charge < -0.3 is 20.1 Å². The van der Waals surface area contributed by atoms with Gasteiger partial charge in [0.05, 0.1) is 35.4 Å². The van der Waals surface area contributed by atoms with Crippen molar-refractivity contribution >= 4 is 22.2 Å². The number of nitrogens with zero attached hydrogens (tertiary/aromatic N) is 4. The van der Waals surface area contributed by atoms with Crippen LogP contribution in [0.15, 0.2) is 48.8 Å². The molecule has 0 saturated carbocycles. The molecule has 0 amide bonds. The van der Waals surface area contributed by atoms with Crippen LogP contribution in [0, 0.1) is 5.82 Å². The summed E-state index contributed by atoms with van der Waals surface area (Å²) in [6.45, 7) is 4.63. The van der Waals surface area contributed by atoms with E-state index >= 15 is 0 Å². The van der Waals surface area contributed by atoms with Crippen LogP contribution in [0.1, 0.15) is 19.8 Å². The van der Waals surface area contributed by atoms with E-state index < -0.39 is 0 Å². The van der Waals surface area contributed by atoms with Gasteiger partial charge in [0.2, 0.25) is 0 Å². The molecule has 1 aromatic carbocycles. The molecule has 33 heavy (non-hydrogen) atoms. The fourth-order valence-electron chi connectivity index (χ4n) is 4.31. The monoisotopic (exact) mass is 449 g/mol. The summed E-state index contributed by atoms with van der Waals surface area (Å²) in [5.74, 6) is 0.474. The van der Waals surface area contributed by atoms with Gasteiger partial charge in [-0.25, -0.2) is 14.4 Å². The fourth-order valence-corrected chi connectivity index (χ4v) is 4.31. The lowest BCUT2D eigenvalue weighted by Gasteiger charge is -2.38. The van der Waals surface area contributed by atoms with Gasteiger partial charge in [0.1, 0.15) is 23.8 Å². The molecule has 0 spiro atoms. The minimum Gasteiger partial charge on any atom is -0.491 e. The Hall–Kier alpha value is -3.23. The van der Waals surface area contributed by atoms with Gasteiger partial charge in [-0.1, -0.05) is 6.07 Å². The number of anilines is 1. The van der Waals surface area contributed by atoms with E-state index in [2.05, 4.69) is 16.8 Å². The minimum absolute atomic E-state index is 0.180. The molecule has 0 bridgehead atoms. The number of fused-ring (bicyclic) bond motifs is 2. The summed E-state index contributed by atoms with van der Waals surface area (Å²) in [5.41, 5.74) is 10.1. The van der Waals surface area contributed by atoms with E-state index in [9.17, 15) is 4.39 Å². The van der Waals surface area contributed by atoms with E-state index in [4.69, 9.17) is 20.2 Å². The van der Waals surface area contributed by atoms with Crippen molar-refractivity contribution in [3.8, 4) is 17.1 Å². The maximum absolute atomic E-state index is 14.4. The first-order chi connectivity index (χ1) is 15.9. The number of hydrogen-bond donors (Lipinski definition) is 1. The van der Waals surface area contributed by atoms with Gasteiger partial charge in [-0.2, -0.15) is 0 Å². The fraction of sp³-hybridized carbons (Fsp3) is 0.360. The number of benzene rings is 1. The second kappa shape index (κ2) is 8.61. The summed E-state index contributed by atoms with van der Waals surface area (Å²) in [7, 11) is 1.64. The first kappa shape index (κ1) is 21.6. The molecule has 0 radical (unpaired) electrons. The van der Waals surface area contributed by atoms with Crippen LogP contribution in [0.3, 0.4) is 0 Å². The molecule has 1 saturated heterocycles. The zero-order chi connectivity index (χ0) is 23.0. The van der Waals surface area contributed by atoms with Gasteiger partial charge in [-0.15, -0.1) is 0 Å². The molecule has 8 heteroatoms. The number of aromatic nitrogens is 3. The molecule has 0 atom stereocenters. The number of halogens is 1. The first-order valence-corrected chi connectivity index (χ1v) is 11.2. The van der Waals surface area contributed by atoms with Crippen LogP contribution in [0.4, 0.5) is 10.1 Å². The Bertz CT molecular complexity index is 1290. The molecule has 172 valence electrons. The van der Waals surface area contributed by atoms with Crippen LogP contribution >= 0.6 is 0 Å². The third-order valence-electron chi connectivity index (χ3n) is 6.29. The zero-order valence-corrected chi connectivity index (χ0v) is 18.9. The van der Waals surface area contributed by atoms with Crippen molar-refractivity contribution in [3.05, 3.63) is 54.6 Å². The molecular weight excluding hydrogens is 421 g/mol. The second-order valence-electron chi connectivity index (χ2n) is 8.91. The Balaban J connectivity index is 1.51. The van der Waals surface area contributed by atoms with Crippen molar-refractivity contribution in [2.45, 2.75) is 25.3 Å². The van der Waals surface area contributed by atoms with E-state index in [1.807, 2.05) is 34.9 Å². The second-order valence-corrected chi connectivity index (χ2v) is 8.91. The molecule has 0 unspecified atom stereocenters. The Morgan fingerprint density at radius 2 is 1.94 bits per heavy atom. The number of piperidine rings is 1. The van der Waals surface area contributed by atoms with E-state index in [1.54, 1.807) is 19.4 Å². The molecule has 4 heterocycles. The van der Waals surface area contributed by atoms with Crippen molar-refractivity contribution in [2.75, 3.05) is 38.3 Å². The number of nitrogens with two attached hydrogens (primary N) is 1. The molecule has 5 rings (SSSR count). The Labute approximate surface area is 191 Å². The lowest BCUT2D eigenvalue weighted by Crippen LogP contribution is -2.48. The van der Waals surface area contributed by atoms with Crippen LogP contribution in [0.2, 0.25) is 0 Å². The van der Waals surface area contributed by atoms with Crippen molar-refractivity contribution in [1.82, 2.24) is 14.4 Å². The highest BCUT2D eigenvalue weighted by Gasteiger charge is 2.27. The normalized spacial score (nSPS) is 15.9. The molecule has 2 N–H and O–H groups in total. The average molecular weight is 450 g/mol. The lowest BCUT2D eigenvalue weighted by atomic mass is 9.90. The average Bonchev–Trinajstić information content (AvgIpc) is 3.22. The predicted molar refractivity (Wildman–Crippen MR) is 127 cm³/mol. The lowest BCUT2D eigenvalue weighted by molar-refractivity contribution is 0.146. The van der Waals surface area contributed by atoms with Crippen LogP contribution < -0.4 is 15.4 Å². The third-order valence-corrected chi connectivity index (χ3v) is 6.29. The molecule has 1 aliphatic heterocycles. The van der Waals surface area contributed by atoms with Crippen molar-refractivity contribution < 1.29 is 13.9 Å². The summed E-state index contributed by atoms with van der Waals surface area (Å²) < 4.78 is 27.1. The Morgan fingerprint density at radius 3 is 2.73 bits per heavy atom. The summed E-state index contributed by atoms with van der Waals surface area (Å²) in [4.78, 5) is 11.7. The van der Waals surface area contributed by atoms with Gasteiger partial charge in [-0.3, -0.25) is 4.40 Å². The SMILES string of the molecule is COCCOc1ccn2c(-c3ccc4cc(F)cc(N5CCC(C)(N)CC5)c4n3)cnc2c1. The quantitative estimate of drug-likeness (QED) is 0.448. The van der Waals surface area contributed by atoms with E-state index in [0.717, 1.165) is 65.3 Å². The van der Waals surface area contributed by atoms with E-state index in [-0.39, 0.29) is 11.4 Å². The van der Waals surface area contributed by atoms with Crippen LogP contribution in [0.25, 0.3) is 27.9 Å². The van der Waals surface area contributed by atoms with E-state index in [0.29, 0.717) is 13.2 Å². The molecular formula is C25H28FN5O2. The third kappa shape index (κ3) is 4.36. The largest absolute Gasteiger partial charge is 0.491 e. The standard InChI is InChI=1S/C25H28FN5O2/c1-25(27)6-9-30(10-7-25)21-14-18(26)13-17-3-4-20(29-24(17)21)22-16-28-23-15-19(5-8-31(22)23)33-12-11-32-2/h3-5,8,13-16H,6-7,9-12,27H2,1-2H3. The van der Waals surface area contributed by atoms with Crippen molar-refractivity contribution in [3.63, 3.8) is 0 Å². The number of rotatable bonds is 6. The molecule has 1 fully saturated rings. The summed E-state index contributed by atoms with van der Waals surface area (Å²) in [5, 5.41) is 0.775. The number of pyridine rings is 2. The Morgan fingerprint density at radius 1 is 1.12 bits per heavy atom. The highest BCUT2D eigenvalue weighted by atomic mass is 19.1. The molecule has 1 aliphatic rings. The number of methoxy groups -OCH3 is 1. The van der Waals surface area contributed by atoms with Gasteiger partial charge >= 0.3 is 0 Å². The van der Waals surface area contributed by atoms with E-state index in [1.165, 1.54) is 6.07 Å². The minimum atomic E-state index is -0.260. The maximum Gasteiger partial charge on any atom is 0.140 e. The number of imidazole rings is 1. The van der Waals surface area contributed by atoms with Gasteiger partial charge in [0.15, 0.2) is 0 Å². The molecule has 0 aliphatic carbocycles. The highest BCUT2D eigenvalue weighted by molar-refractivity contribution is 5.92. The zero-order valence-electron chi connectivity index (χ0n) is 18.9. The summed E-state index contributed by atoms with van der Waals surface area (Å²) >= 11 is 0. The topological polar surface area (TPSA) is 77.9 Å². The highest BCUT2D eigenvalue weighted by Crippen LogP contribution is 2.33. The molecule has 3 aromatic heterocycles. The maximum atomic E-state index is 14.4. The predicted octanol–water partition coefficient (Wildman–Crippen LogP) is 4.03. The van der Waals surface area contributed by atoms with Gasteiger partial charge in [0, 0.05) is 43.4 Å². The summed E-state index contributed by atoms with van der Waals surface area (Å²) in [6.07, 6.45) is 5.43. The van der Waals surface area contributed by atoms with Crippen molar-refractivity contribution in [2.24, 2.45) is 5.73 Å². The van der Waals surface area contributed by atoms with Gasteiger partial charge in [0.25, 0.3) is 0 Å². The van der Waals surface area contributed by atoms with Crippen LogP contribution in [-0.4, -0.2) is 53.3 Å². The number of hydrogen-bond acceptors (Lipinski definition) is 6. The van der Waals surface area contributed by atoms with Crippen LogP contribution in [0.5, 0.6) is 5.75 Å². The smallest absolute Gasteiger partial charge is 0.140 e. The van der Waals surface area contributed by atoms with Gasteiger partial charge in [-0.05, 0) is 44.0 Å². The summed E-state index contributed by atoms with van der Waals surface area (Å²) in [6, 6.07) is 10.7.